The maximum absolute atomic E-state index is 5.66. The van der Waals surface area contributed by atoms with Crippen molar-refractivity contribution in [1.29, 1.82) is 0 Å². The highest BCUT2D eigenvalue weighted by atomic mass is 16.5. The fourth-order valence-electron chi connectivity index (χ4n) is 4.11. The van der Waals surface area contributed by atoms with E-state index in [0.29, 0.717) is 6.04 Å². The summed E-state index contributed by atoms with van der Waals surface area (Å²) in [5.74, 6) is 1.10. The summed E-state index contributed by atoms with van der Waals surface area (Å²) in [6.45, 7) is 11.2. The van der Waals surface area contributed by atoms with Crippen LogP contribution in [0.3, 0.4) is 0 Å². The van der Waals surface area contributed by atoms with Gasteiger partial charge in [-0.2, -0.15) is 0 Å². The molecule has 1 saturated heterocycles. The van der Waals surface area contributed by atoms with Gasteiger partial charge in [0.2, 0.25) is 0 Å². The summed E-state index contributed by atoms with van der Waals surface area (Å²) < 4.78 is 5.66. The molecule has 2 heterocycles. The lowest BCUT2D eigenvalue weighted by atomic mass is 9.94. The normalized spacial score (nSPS) is 29.0. The zero-order valence-corrected chi connectivity index (χ0v) is 13.5. The number of piperazine rings is 1. The average molecular weight is 292 g/mol. The van der Waals surface area contributed by atoms with Crippen molar-refractivity contribution in [1.82, 2.24) is 0 Å². The molecule has 0 aromatic heterocycles. The van der Waals surface area contributed by atoms with Crippen LogP contribution in [0.25, 0.3) is 0 Å². The number of fused-ring (bicyclic) bond motifs is 1. The van der Waals surface area contributed by atoms with Gasteiger partial charge in [-0.15, -0.1) is 0 Å². The van der Waals surface area contributed by atoms with Gasteiger partial charge in [0.1, 0.15) is 45.0 Å². The van der Waals surface area contributed by atoms with Crippen molar-refractivity contribution in [2.75, 3.05) is 46.4 Å². The molecule has 0 amide bonds. The van der Waals surface area contributed by atoms with E-state index in [2.05, 4.69) is 30.4 Å². The number of quaternary nitrogens is 3. The van der Waals surface area contributed by atoms with E-state index in [1.165, 1.54) is 56.8 Å². The largest absolute Gasteiger partial charge is 0.496 e. The van der Waals surface area contributed by atoms with Gasteiger partial charge in [-0.05, 0) is 12.5 Å². The minimum atomic E-state index is 0.605. The van der Waals surface area contributed by atoms with Crippen LogP contribution in [0.5, 0.6) is 5.75 Å². The lowest BCUT2D eigenvalue weighted by Gasteiger charge is -2.36. The van der Waals surface area contributed by atoms with Crippen LogP contribution in [0.2, 0.25) is 0 Å². The van der Waals surface area contributed by atoms with Gasteiger partial charge in [0.15, 0.2) is 6.04 Å². The second-order valence-corrected chi connectivity index (χ2v) is 6.47. The molecule has 0 bridgehead atoms. The molecule has 0 unspecified atom stereocenters. The van der Waals surface area contributed by atoms with Crippen LogP contribution in [-0.4, -0.2) is 46.4 Å². The first-order chi connectivity index (χ1) is 10.3. The maximum Gasteiger partial charge on any atom is 0.167 e. The molecule has 1 atom stereocenters. The Bertz CT molecular complexity index is 455. The third kappa shape index (κ3) is 3.07. The fourth-order valence-corrected chi connectivity index (χ4v) is 4.11. The highest BCUT2D eigenvalue weighted by Gasteiger charge is 2.37. The van der Waals surface area contributed by atoms with Crippen molar-refractivity contribution in [3.8, 4) is 5.75 Å². The number of rotatable bonds is 4. The Labute approximate surface area is 128 Å². The molecule has 1 aromatic carbocycles. The van der Waals surface area contributed by atoms with Crippen molar-refractivity contribution >= 4 is 0 Å². The molecular formula is C17H30N3O+3. The molecule has 0 spiro atoms. The third-order valence-electron chi connectivity index (χ3n) is 5.19. The smallest absolute Gasteiger partial charge is 0.167 e. The van der Waals surface area contributed by atoms with E-state index in [1.54, 1.807) is 9.80 Å². The van der Waals surface area contributed by atoms with E-state index < -0.39 is 0 Å². The lowest BCUT2D eigenvalue weighted by Crippen LogP contribution is -3.29. The minimum absolute atomic E-state index is 0.605. The van der Waals surface area contributed by atoms with Crippen LogP contribution in [0.4, 0.5) is 0 Å². The number of ether oxygens (including phenoxy) is 1. The van der Waals surface area contributed by atoms with Crippen LogP contribution in [-0.2, 0) is 6.54 Å². The van der Waals surface area contributed by atoms with Crippen molar-refractivity contribution in [2.24, 2.45) is 0 Å². The molecule has 1 fully saturated rings. The summed E-state index contributed by atoms with van der Waals surface area (Å²) in [7, 11) is 1.81. The first kappa shape index (κ1) is 14.8. The van der Waals surface area contributed by atoms with Crippen LogP contribution in [0.15, 0.2) is 18.2 Å². The van der Waals surface area contributed by atoms with Crippen molar-refractivity contribution in [3.05, 3.63) is 29.3 Å². The second-order valence-electron chi connectivity index (χ2n) is 6.47. The number of nitrogens with one attached hydrogen (secondary N) is 2. The molecule has 116 valence electrons. The van der Waals surface area contributed by atoms with Gasteiger partial charge in [0.25, 0.3) is 0 Å². The molecule has 2 aliphatic rings. The Morgan fingerprint density at radius 1 is 1.24 bits per heavy atom. The lowest BCUT2D eigenvalue weighted by molar-refractivity contribution is -1.03. The Hall–Kier alpha value is -1.10. The van der Waals surface area contributed by atoms with E-state index >= 15 is 0 Å². The SMILES string of the molecule is CCC[NH+]1CC[NH+]([C@H]2C[NH2+]Cc3cccc(OC)c32)CC1. The van der Waals surface area contributed by atoms with Gasteiger partial charge in [0, 0.05) is 5.56 Å². The van der Waals surface area contributed by atoms with E-state index in [4.69, 9.17) is 4.74 Å². The fraction of sp³-hybridized carbons (Fsp3) is 0.647. The summed E-state index contributed by atoms with van der Waals surface area (Å²) in [6, 6.07) is 7.15. The molecule has 0 radical (unpaired) electrons. The average Bonchev–Trinajstić information content (AvgIpc) is 2.55. The molecule has 4 nitrogen and oxygen atoms in total. The first-order valence-electron chi connectivity index (χ1n) is 8.49. The predicted octanol–water partition coefficient (Wildman–Crippen LogP) is -1.99. The summed E-state index contributed by atoms with van der Waals surface area (Å²) in [5.41, 5.74) is 2.96. The number of hydrogen-bond donors (Lipinski definition) is 3. The molecule has 2 aliphatic heterocycles. The van der Waals surface area contributed by atoms with Gasteiger partial charge < -0.3 is 19.9 Å². The summed E-state index contributed by atoms with van der Waals surface area (Å²) in [4.78, 5) is 3.55. The Balaban J connectivity index is 1.76. The standard InChI is InChI=1S/C17H27N3O/c1-3-7-19-8-10-20(11-9-19)15-13-18-12-14-5-4-6-16(21-2)17(14)15/h4-6,15,18H,3,7-13H2,1-2H3/p+3/t15-/m0/s1. The summed E-state index contributed by atoms with van der Waals surface area (Å²) in [6.07, 6.45) is 1.30. The Morgan fingerprint density at radius 2 is 2.05 bits per heavy atom. The van der Waals surface area contributed by atoms with Crippen LogP contribution >= 0.6 is 0 Å². The van der Waals surface area contributed by atoms with Gasteiger partial charge in [-0.1, -0.05) is 19.1 Å². The van der Waals surface area contributed by atoms with Gasteiger partial charge >= 0.3 is 0 Å². The summed E-state index contributed by atoms with van der Waals surface area (Å²) >= 11 is 0. The number of hydrogen-bond acceptors (Lipinski definition) is 1. The molecule has 4 heteroatoms. The van der Waals surface area contributed by atoms with Crippen molar-refractivity contribution in [2.45, 2.75) is 25.9 Å². The van der Waals surface area contributed by atoms with Crippen LogP contribution in [0.1, 0.15) is 30.5 Å². The second kappa shape index (κ2) is 6.77. The Kier molecular flexibility index (Phi) is 4.78. The van der Waals surface area contributed by atoms with Gasteiger partial charge in [0.05, 0.1) is 19.2 Å². The van der Waals surface area contributed by atoms with Crippen molar-refractivity contribution in [3.63, 3.8) is 0 Å². The molecule has 21 heavy (non-hydrogen) atoms. The maximum atomic E-state index is 5.66. The van der Waals surface area contributed by atoms with Gasteiger partial charge in [-0.25, -0.2) is 0 Å². The number of benzene rings is 1. The quantitative estimate of drug-likeness (QED) is 0.590. The zero-order chi connectivity index (χ0) is 14.7. The topological polar surface area (TPSA) is 34.7 Å². The highest BCUT2D eigenvalue weighted by molar-refractivity contribution is 5.42. The third-order valence-corrected chi connectivity index (χ3v) is 5.19. The van der Waals surface area contributed by atoms with E-state index in [-0.39, 0.29) is 0 Å². The van der Waals surface area contributed by atoms with Crippen molar-refractivity contribution < 1.29 is 19.9 Å². The predicted molar refractivity (Wildman–Crippen MR) is 82.8 cm³/mol. The molecule has 3 rings (SSSR count). The summed E-state index contributed by atoms with van der Waals surface area (Å²) in [5, 5.41) is 2.46. The molecule has 0 aliphatic carbocycles. The van der Waals surface area contributed by atoms with E-state index in [1.807, 2.05) is 7.11 Å². The number of nitrogens with two attached hydrogens (primary N) is 1. The minimum Gasteiger partial charge on any atom is -0.496 e. The van der Waals surface area contributed by atoms with Crippen LogP contribution < -0.4 is 19.9 Å². The Morgan fingerprint density at radius 3 is 2.76 bits per heavy atom. The van der Waals surface area contributed by atoms with Crippen LogP contribution in [0, 0.1) is 0 Å². The molecule has 0 saturated carbocycles. The first-order valence-corrected chi connectivity index (χ1v) is 8.49. The van der Waals surface area contributed by atoms with E-state index in [0.717, 1.165) is 12.3 Å². The van der Waals surface area contributed by atoms with E-state index in [9.17, 15) is 0 Å². The molecule has 4 N–H and O–H groups in total. The highest BCUT2D eigenvalue weighted by Crippen LogP contribution is 2.28. The zero-order valence-electron chi connectivity index (χ0n) is 13.5. The number of methoxy groups -OCH3 is 1. The van der Waals surface area contributed by atoms with Gasteiger partial charge in [-0.3, -0.25) is 0 Å². The molecule has 1 aromatic rings. The monoisotopic (exact) mass is 292 g/mol. The molecular weight excluding hydrogens is 262 g/mol.